The molecule has 6 nitrogen and oxygen atoms in total. The predicted octanol–water partition coefficient (Wildman–Crippen LogP) is 4.40. The van der Waals surface area contributed by atoms with E-state index in [-0.39, 0.29) is 6.61 Å². The average Bonchev–Trinajstić information content (AvgIpc) is 3.39. The van der Waals surface area contributed by atoms with E-state index in [0.29, 0.717) is 16.3 Å². The van der Waals surface area contributed by atoms with E-state index in [1.54, 1.807) is 35.3 Å². The molecule has 0 aliphatic rings. The molecule has 4 rings (SSSR count). The molecule has 8 heteroatoms. The number of ether oxygens (including phenoxy) is 1. The first-order valence-electron chi connectivity index (χ1n) is 8.01. The highest BCUT2D eigenvalue weighted by atomic mass is 35.5. The Labute approximate surface area is 164 Å². The number of carbonyl (C=O) groups excluding carboxylic acids is 1. The molecule has 134 valence electrons. The Balaban J connectivity index is 1.38. The SMILES string of the molecule is O=C(OCc1csc(-c2ccc(Cl)cc2)n1)c1ccc(-n2cncn2)cc1. The minimum Gasteiger partial charge on any atom is -0.456 e. The third-order valence-corrected chi connectivity index (χ3v) is 4.97. The number of nitrogens with zero attached hydrogens (tertiary/aromatic N) is 4. The van der Waals surface area contributed by atoms with Crippen LogP contribution in [0, 0.1) is 0 Å². The second-order valence-electron chi connectivity index (χ2n) is 5.61. The maximum atomic E-state index is 12.2. The second-order valence-corrected chi connectivity index (χ2v) is 6.91. The highest BCUT2D eigenvalue weighted by molar-refractivity contribution is 7.13. The molecule has 2 aromatic heterocycles. The van der Waals surface area contributed by atoms with E-state index in [1.807, 2.05) is 29.6 Å². The lowest BCUT2D eigenvalue weighted by atomic mass is 10.2. The molecule has 2 aromatic carbocycles. The van der Waals surface area contributed by atoms with Gasteiger partial charge in [-0.2, -0.15) is 5.10 Å². The van der Waals surface area contributed by atoms with Crippen molar-refractivity contribution in [3.63, 3.8) is 0 Å². The van der Waals surface area contributed by atoms with Crippen LogP contribution in [0.25, 0.3) is 16.3 Å². The van der Waals surface area contributed by atoms with Crippen LogP contribution >= 0.6 is 22.9 Å². The number of thiazole rings is 1. The smallest absolute Gasteiger partial charge is 0.338 e. The zero-order valence-corrected chi connectivity index (χ0v) is 15.5. The molecule has 0 amide bonds. The lowest BCUT2D eigenvalue weighted by Gasteiger charge is -2.04. The number of hydrogen-bond donors (Lipinski definition) is 0. The molecule has 4 aromatic rings. The van der Waals surface area contributed by atoms with E-state index in [0.717, 1.165) is 16.3 Å². The van der Waals surface area contributed by atoms with E-state index >= 15 is 0 Å². The first-order valence-corrected chi connectivity index (χ1v) is 9.27. The van der Waals surface area contributed by atoms with E-state index in [9.17, 15) is 4.79 Å². The Hall–Kier alpha value is -3.03. The zero-order chi connectivity index (χ0) is 18.6. The van der Waals surface area contributed by atoms with Crippen molar-refractivity contribution in [1.82, 2.24) is 19.7 Å². The fourth-order valence-corrected chi connectivity index (χ4v) is 3.35. The molecule has 0 atom stereocenters. The van der Waals surface area contributed by atoms with Gasteiger partial charge in [0.1, 0.15) is 24.3 Å². The summed E-state index contributed by atoms with van der Waals surface area (Å²) in [6.45, 7) is 0.119. The van der Waals surface area contributed by atoms with Gasteiger partial charge in [-0.05, 0) is 36.4 Å². The van der Waals surface area contributed by atoms with Gasteiger partial charge in [-0.3, -0.25) is 0 Å². The molecule has 27 heavy (non-hydrogen) atoms. The third kappa shape index (κ3) is 4.05. The highest BCUT2D eigenvalue weighted by Gasteiger charge is 2.10. The molecule has 0 saturated carbocycles. The van der Waals surface area contributed by atoms with Crippen LogP contribution in [0.3, 0.4) is 0 Å². The molecule has 0 spiro atoms. The summed E-state index contributed by atoms with van der Waals surface area (Å²) < 4.78 is 6.98. The van der Waals surface area contributed by atoms with E-state index in [2.05, 4.69) is 15.1 Å². The Kier molecular flexibility index (Phi) is 4.95. The summed E-state index contributed by atoms with van der Waals surface area (Å²) >= 11 is 7.40. The number of hydrogen-bond acceptors (Lipinski definition) is 6. The Morgan fingerprint density at radius 3 is 2.59 bits per heavy atom. The van der Waals surface area contributed by atoms with Crippen molar-refractivity contribution in [2.24, 2.45) is 0 Å². The summed E-state index contributed by atoms with van der Waals surface area (Å²) in [6, 6.07) is 14.4. The van der Waals surface area contributed by atoms with Crippen LogP contribution in [-0.4, -0.2) is 25.7 Å². The summed E-state index contributed by atoms with van der Waals surface area (Å²) in [5.74, 6) is -0.402. The van der Waals surface area contributed by atoms with E-state index in [1.165, 1.54) is 17.7 Å². The summed E-state index contributed by atoms with van der Waals surface area (Å²) in [5, 5.41) is 7.46. The van der Waals surface area contributed by atoms with Gasteiger partial charge in [-0.25, -0.2) is 19.4 Å². The topological polar surface area (TPSA) is 69.9 Å². The highest BCUT2D eigenvalue weighted by Crippen LogP contribution is 2.25. The fourth-order valence-electron chi connectivity index (χ4n) is 2.41. The largest absolute Gasteiger partial charge is 0.456 e. The number of benzene rings is 2. The average molecular weight is 397 g/mol. The quantitative estimate of drug-likeness (QED) is 0.467. The number of halogens is 1. The van der Waals surface area contributed by atoms with Gasteiger partial charge in [0.15, 0.2) is 0 Å². The Morgan fingerprint density at radius 2 is 1.89 bits per heavy atom. The van der Waals surface area contributed by atoms with Crippen LogP contribution in [0.1, 0.15) is 16.1 Å². The van der Waals surface area contributed by atoms with Gasteiger partial charge in [0, 0.05) is 16.0 Å². The van der Waals surface area contributed by atoms with Crippen molar-refractivity contribution in [3.8, 4) is 16.3 Å². The third-order valence-electron chi connectivity index (χ3n) is 3.78. The van der Waals surface area contributed by atoms with Crippen molar-refractivity contribution in [1.29, 1.82) is 0 Å². The molecule has 0 N–H and O–H groups in total. The summed E-state index contributed by atoms with van der Waals surface area (Å²) in [5.41, 5.74) is 2.96. The molecule has 0 saturated heterocycles. The molecule has 0 aliphatic heterocycles. The van der Waals surface area contributed by atoms with Gasteiger partial charge >= 0.3 is 5.97 Å². The van der Waals surface area contributed by atoms with Gasteiger partial charge in [-0.15, -0.1) is 11.3 Å². The second kappa shape index (κ2) is 7.69. The summed E-state index contributed by atoms with van der Waals surface area (Å²) in [7, 11) is 0. The van der Waals surface area contributed by atoms with Crippen LogP contribution in [0.2, 0.25) is 5.02 Å². The van der Waals surface area contributed by atoms with Crippen LogP contribution < -0.4 is 0 Å². The van der Waals surface area contributed by atoms with Crippen molar-refractivity contribution < 1.29 is 9.53 Å². The Bertz CT molecular complexity index is 1040. The molecule has 0 fully saturated rings. The van der Waals surface area contributed by atoms with Crippen molar-refractivity contribution in [2.75, 3.05) is 0 Å². The normalized spacial score (nSPS) is 10.7. The van der Waals surface area contributed by atoms with Crippen LogP contribution in [0.5, 0.6) is 0 Å². The van der Waals surface area contributed by atoms with Crippen LogP contribution in [0.4, 0.5) is 0 Å². The maximum Gasteiger partial charge on any atom is 0.338 e. The summed E-state index contributed by atoms with van der Waals surface area (Å²) in [6.07, 6.45) is 3.04. The van der Waals surface area contributed by atoms with Crippen molar-refractivity contribution in [3.05, 3.63) is 82.8 Å². The molecule has 0 aliphatic carbocycles. The van der Waals surface area contributed by atoms with E-state index in [4.69, 9.17) is 16.3 Å². The lowest BCUT2D eigenvalue weighted by Crippen LogP contribution is -2.06. The van der Waals surface area contributed by atoms with Gasteiger partial charge in [0.25, 0.3) is 0 Å². The van der Waals surface area contributed by atoms with Crippen LogP contribution in [0.15, 0.2) is 66.6 Å². The number of carbonyl (C=O) groups is 1. The Morgan fingerprint density at radius 1 is 1.11 bits per heavy atom. The fraction of sp³-hybridized carbons (Fsp3) is 0.0526. The molecular weight excluding hydrogens is 384 g/mol. The first kappa shape index (κ1) is 17.4. The molecule has 0 bridgehead atoms. The molecule has 0 unspecified atom stereocenters. The summed E-state index contributed by atoms with van der Waals surface area (Å²) in [4.78, 5) is 20.6. The minimum absolute atomic E-state index is 0.119. The molecule has 0 radical (unpaired) electrons. The molecular formula is C19H13ClN4O2S. The number of esters is 1. The molecule has 2 heterocycles. The van der Waals surface area contributed by atoms with Crippen molar-refractivity contribution in [2.45, 2.75) is 6.61 Å². The lowest BCUT2D eigenvalue weighted by molar-refractivity contribution is 0.0468. The monoisotopic (exact) mass is 396 g/mol. The van der Waals surface area contributed by atoms with Gasteiger partial charge in [0.2, 0.25) is 0 Å². The number of aromatic nitrogens is 4. The van der Waals surface area contributed by atoms with Gasteiger partial charge < -0.3 is 4.74 Å². The zero-order valence-electron chi connectivity index (χ0n) is 13.9. The number of rotatable bonds is 5. The van der Waals surface area contributed by atoms with Gasteiger partial charge in [-0.1, -0.05) is 23.7 Å². The standard InChI is InChI=1S/C19H13ClN4O2S/c20-15-5-1-13(2-6-15)18-23-16(10-27-18)9-26-19(25)14-3-7-17(8-4-14)24-12-21-11-22-24/h1-8,10-12H,9H2. The minimum atomic E-state index is -0.402. The maximum absolute atomic E-state index is 12.2. The predicted molar refractivity (Wildman–Crippen MR) is 103 cm³/mol. The van der Waals surface area contributed by atoms with Crippen molar-refractivity contribution >= 4 is 28.9 Å². The van der Waals surface area contributed by atoms with E-state index < -0.39 is 5.97 Å². The van der Waals surface area contributed by atoms with Gasteiger partial charge in [0.05, 0.1) is 16.9 Å². The first-order chi connectivity index (χ1) is 13.2. The van der Waals surface area contributed by atoms with Crippen LogP contribution in [-0.2, 0) is 11.3 Å².